The summed E-state index contributed by atoms with van der Waals surface area (Å²) < 4.78 is 1.60. The fourth-order valence-electron chi connectivity index (χ4n) is 0.716. The Balaban J connectivity index is 2.90. The lowest BCUT2D eigenvalue weighted by Gasteiger charge is -2.17. The molecule has 0 aromatic carbocycles. The largest absolute Gasteiger partial charge is 0.411 e. The summed E-state index contributed by atoms with van der Waals surface area (Å²) in [5.74, 6) is 0. The van der Waals surface area contributed by atoms with E-state index in [0.29, 0.717) is 0 Å². The van der Waals surface area contributed by atoms with Crippen molar-refractivity contribution in [3.05, 3.63) is 12.4 Å². The van der Waals surface area contributed by atoms with Crippen molar-refractivity contribution in [1.29, 1.82) is 0 Å². The summed E-state index contributed by atoms with van der Waals surface area (Å²) in [7, 11) is 0. The number of rotatable bonds is 2. The van der Waals surface area contributed by atoms with Gasteiger partial charge >= 0.3 is 0 Å². The van der Waals surface area contributed by atoms with E-state index in [4.69, 9.17) is 5.21 Å². The van der Waals surface area contributed by atoms with Gasteiger partial charge in [0.1, 0.15) is 0 Å². The molecule has 1 rings (SSSR count). The zero-order valence-electron chi connectivity index (χ0n) is 6.47. The molecule has 0 spiro atoms. The van der Waals surface area contributed by atoms with E-state index in [1.165, 1.54) is 6.21 Å². The van der Waals surface area contributed by atoms with E-state index in [1.54, 1.807) is 17.1 Å². The van der Waals surface area contributed by atoms with E-state index >= 15 is 0 Å². The predicted octanol–water partition coefficient (Wildman–Crippen LogP) is 0.473. The minimum Gasteiger partial charge on any atom is -0.411 e. The van der Waals surface area contributed by atoms with Gasteiger partial charge in [-0.25, -0.2) is 4.68 Å². The summed E-state index contributed by atoms with van der Waals surface area (Å²) in [6.45, 7) is 3.72. The zero-order valence-corrected chi connectivity index (χ0v) is 6.47. The van der Waals surface area contributed by atoms with Crippen LogP contribution in [0.25, 0.3) is 0 Å². The van der Waals surface area contributed by atoms with Crippen LogP contribution in [-0.2, 0) is 5.54 Å². The molecule has 0 saturated carbocycles. The number of oxime groups is 1. The first kappa shape index (κ1) is 7.71. The molecule has 0 aliphatic heterocycles. The maximum absolute atomic E-state index is 8.31. The van der Waals surface area contributed by atoms with Crippen LogP contribution in [0.1, 0.15) is 13.8 Å². The molecule has 1 aromatic rings. The maximum atomic E-state index is 8.31. The van der Waals surface area contributed by atoms with Crippen molar-refractivity contribution in [2.45, 2.75) is 19.4 Å². The molecule has 0 atom stereocenters. The van der Waals surface area contributed by atoms with Gasteiger partial charge in [0.05, 0.1) is 18.0 Å². The Labute approximate surface area is 64.3 Å². The standard InChI is InChI=1S/C6H10N4O/c1-6(2,5-8-11)10-4-3-7-9-10/h3-5,11H,1-2H3. The third kappa shape index (κ3) is 1.54. The molecular weight excluding hydrogens is 144 g/mol. The van der Waals surface area contributed by atoms with Crippen LogP contribution in [0, 0.1) is 0 Å². The highest BCUT2D eigenvalue weighted by molar-refractivity contribution is 5.65. The van der Waals surface area contributed by atoms with Gasteiger partial charge in [-0.1, -0.05) is 10.4 Å². The van der Waals surface area contributed by atoms with E-state index in [2.05, 4.69) is 15.5 Å². The van der Waals surface area contributed by atoms with Gasteiger partial charge in [-0.15, -0.1) is 5.10 Å². The molecule has 5 nitrogen and oxygen atoms in total. The van der Waals surface area contributed by atoms with E-state index in [-0.39, 0.29) is 0 Å². The van der Waals surface area contributed by atoms with E-state index < -0.39 is 5.54 Å². The second kappa shape index (κ2) is 2.69. The number of hydrogen-bond donors (Lipinski definition) is 1. The molecule has 0 unspecified atom stereocenters. The van der Waals surface area contributed by atoms with Crippen molar-refractivity contribution in [2.24, 2.45) is 5.16 Å². The Bertz CT molecular complexity index is 239. The van der Waals surface area contributed by atoms with Gasteiger partial charge < -0.3 is 5.21 Å². The molecule has 0 fully saturated rings. The molecule has 0 radical (unpaired) electrons. The summed E-state index contributed by atoms with van der Waals surface area (Å²) in [6, 6.07) is 0. The Morgan fingerprint density at radius 2 is 2.36 bits per heavy atom. The highest BCUT2D eigenvalue weighted by Crippen LogP contribution is 2.08. The van der Waals surface area contributed by atoms with Crippen LogP contribution in [0.15, 0.2) is 17.5 Å². The SMILES string of the molecule is CC(C)(C=NO)n1ccnn1. The summed E-state index contributed by atoms with van der Waals surface area (Å²) in [5.41, 5.74) is -0.425. The van der Waals surface area contributed by atoms with Crippen molar-refractivity contribution >= 4 is 6.21 Å². The van der Waals surface area contributed by atoms with Crippen molar-refractivity contribution in [1.82, 2.24) is 15.0 Å². The molecule has 0 bridgehead atoms. The lowest BCUT2D eigenvalue weighted by Crippen LogP contribution is -2.28. The summed E-state index contributed by atoms with van der Waals surface area (Å²) in [5, 5.41) is 18.7. The van der Waals surface area contributed by atoms with Crippen molar-refractivity contribution in [3.8, 4) is 0 Å². The fourth-order valence-corrected chi connectivity index (χ4v) is 0.716. The third-order valence-electron chi connectivity index (χ3n) is 1.39. The number of nitrogens with zero attached hydrogens (tertiary/aromatic N) is 4. The first-order valence-electron chi connectivity index (χ1n) is 3.22. The van der Waals surface area contributed by atoms with Crippen molar-refractivity contribution in [3.63, 3.8) is 0 Å². The van der Waals surface area contributed by atoms with Crippen LogP contribution in [-0.4, -0.2) is 26.4 Å². The van der Waals surface area contributed by atoms with Gasteiger partial charge in [0.2, 0.25) is 0 Å². The van der Waals surface area contributed by atoms with Gasteiger partial charge in [-0.05, 0) is 13.8 Å². The van der Waals surface area contributed by atoms with Gasteiger partial charge in [-0.3, -0.25) is 0 Å². The lowest BCUT2D eigenvalue weighted by molar-refractivity contribution is 0.310. The Kier molecular flexibility index (Phi) is 1.89. The van der Waals surface area contributed by atoms with Gasteiger partial charge in [0.25, 0.3) is 0 Å². The summed E-state index contributed by atoms with van der Waals surface area (Å²) in [4.78, 5) is 0. The first-order chi connectivity index (χ1) is 5.17. The molecule has 0 aliphatic rings. The third-order valence-corrected chi connectivity index (χ3v) is 1.39. The van der Waals surface area contributed by atoms with Crippen LogP contribution in [0.5, 0.6) is 0 Å². The summed E-state index contributed by atoms with van der Waals surface area (Å²) >= 11 is 0. The molecule has 1 aromatic heterocycles. The second-order valence-electron chi connectivity index (χ2n) is 2.75. The monoisotopic (exact) mass is 154 g/mol. The lowest BCUT2D eigenvalue weighted by atomic mass is 10.1. The minimum absolute atomic E-state index is 0.425. The van der Waals surface area contributed by atoms with Gasteiger partial charge in [0, 0.05) is 6.20 Å². The fraction of sp³-hybridized carbons (Fsp3) is 0.500. The highest BCUT2D eigenvalue weighted by Gasteiger charge is 2.17. The van der Waals surface area contributed by atoms with E-state index in [1.807, 2.05) is 13.8 Å². The molecule has 0 aliphatic carbocycles. The van der Waals surface area contributed by atoms with Gasteiger partial charge in [-0.2, -0.15) is 0 Å². The molecule has 0 saturated heterocycles. The normalized spacial score (nSPS) is 12.5. The average Bonchev–Trinajstić information content (AvgIpc) is 2.37. The Morgan fingerprint density at radius 3 is 2.82 bits per heavy atom. The number of hydrogen-bond acceptors (Lipinski definition) is 4. The topological polar surface area (TPSA) is 63.3 Å². The number of aromatic nitrogens is 3. The van der Waals surface area contributed by atoms with Crippen molar-refractivity contribution in [2.75, 3.05) is 0 Å². The first-order valence-corrected chi connectivity index (χ1v) is 3.22. The molecule has 1 heterocycles. The second-order valence-corrected chi connectivity index (χ2v) is 2.75. The molecular formula is C6H10N4O. The van der Waals surface area contributed by atoms with Crippen LogP contribution in [0.3, 0.4) is 0 Å². The van der Waals surface area contributed by atoms with Gasteiger partial charge in [0.15, 0.2) is 0 Å². The molecule has 11 heavy (non-hydrogen) atoms. The zero-order chi connectivity index (χ0) is 8.32. The van der Waals surface area contributed by atoms with Crippen molar-refractivity contribution < 1.29 is 5.21 Å². The maximum Gasteiger partial charge on any atom is 0.0971 e. The predicted molar refractivity (Wildman–Crippen MR) is 39.6 cm³/mol. The Morgan fingerprint density at radius 1 is 1.64 bits per heavy atom. The van der Waals surface area contributed by atoms with E-state index in [9.17, 15) is 0 Å². The molecule has 1 N–H and O–H groups in total. The quantitative estimate of drug-likeness (QED) is 0.382. The van der Waals surface area contributed by atoms with E-state index in [0.717, 1.165) is 0 Å². The van der Waals surface area contributed by atoms with Crippen LogP contribution in [0.2, 0.25) is 0 Å². The summed E-state index contributed by atoms with van der Waals surface area (Å²) in [6.07, 6.45) is 4.68. The minimum atomic E-state index is -0.425. The Hall–Kier alpha value is -1.39. The highest BCUT2D eigenvalue weighted by atomic mass is 16.4. The average molecular weight is 154 g/mol. The van der Waals surface area contributed by atoms with Crippen LogP contribution in [0.4, 0.5) is 0 Å². The molecule has 5 heteroatoms. The molecule has 0 amide bonds. The molecule has 60 valence electrons. The smallest absolute Gasteiger partial charge is 0.0971 e. The van der Waals surface area contributed by atoms with Crippen LogP contribution < -0.4 is 0 Å². The van der Waals surface area contributed by atoms with Crippen LogP contribution >= 0.6 is 0 Å².